The molecule has 4 heteroatoms. The third-order valence-corrected chi connectivity index (χ3v) is 3.72. The van der Waals surface area contributed by atoms with Gasteiger partial charge in [-0.2, -0.15) is 11.8 Å². The van der Waals surface area contributed by atoms with Gasteiger partial charge in [0.25, 0.3) is 0 Å². The van der Waals surface area contributed by atoms with Gasteiger partial charge >= 0.3 is 0 Å². The van der Waals surface area contributed by atoms with Gasteiger partial charge in [-0.15, -0.1) is 11.3 Å². The van der Waals surface area contributed by atoms with E-state index in [9.17, 15) is 4.79 Å². The van der Waals surface area contributed by atoms with Crippen LogP contribution in [0, 0.1) is 0 Å². The molecule has 0 bridgehead atoms. The van der Waals surface area contributed by atoms with Crippen LogP contribution in [0.3, 0.4) is 0 Å². The van der Waals surface area contributed by atoms with E-state index >= 15 is 0 Å². The van der Waals surface area contributed by atoms with Crippen molar-refractivity contribution in [3.05, 3.63) is 41.8 Å². The number of benzene rings is 1. The number of hydrogen-bond acceptors (Lipinski definition) is 3. The van der Waals surface area contributed by atoms with E-state index in [-0.39, 0.29) is 5.91 Å². The summed E-state index contributed by atoms with van der Waals surface area (Å²) < 4.78 is 0. The first-order valence-corrected chi connectivity index (χ1v) is 7.50. The van der Waals surface area contributed by atoms with Crippen molar-refractivity contribution in [1.29, 1.82) is 0 Å². The Morgan fingerprint density at radius 1 is 1.29 bits per heavy atom. The molecule has 0 aliphatic carbocycles. The number of hydrogen-bond donors (Lipinski definition) is 1. The summed E-state index contributed by atoms with van der Waals surface area (Å²) in [6.07, 6.45) is 1.92. The zero-order valence-electron chi connectivity index (χ0n) is 9.47. The smallest absolute Gasteiger partial charge is 0.234 e. The average Bonchev–Trinajstić information content (AvgIpc) is 2.83. The third kappa shape index (κ3) is 3.11. The fourth-order valence-corrected chi connectivity index (χ4v) is 2.66. The maximum Gasteiger partial charge on any atom is 0.234 e. The lowest BCUT2D eigenvalue weighted by molar-refractivity contribution is -0.113. The van der Waals surface area contributed by atoms with Crippen LogP contribution in [0.15, 0.2) is 41.8 Å². The molecule has 1 amide bonds. The number of nitrogens with one attached hydrogen (secondary N) is 1. The highest BCUT2D eigenvalue weighted by molar-refractivity contribution is 7.99. The molecule has 1 N–H and O–H groups in total. The minimum absolute atomic E-state index is 0.0431. The monoisotopic (exact) mass is 263 g/mol. The van der Waals surface area contributed by atoms with Crippen LogP contribution in [-0.4, -0.2) is 17.9 Å². The molecule has 1 heterocycles. The minimum Gasteiger partial charge on any atom is -0.325 e. The van der Waals surface area contributed by atoms with Crippen molar-refractivity contribution in [3.63, 3.8) is 0 Å². The van der Waals surface area contributed by atoms with E-state index in [0.717, 1.165) is 11.3 Å². The van der Waals surface area contributed by atoms with Crippen LogP contribution in [0.5, 0.6) is 0 Å². The van der Waals surface area contributed by atoms with E-state index in [1.54, 1.807) is 11.3 Å². The van der Waals surface area contributed by atoms with Gasteiger partial charge in [0.15, 0.2) is 0 Å². The molecule has 1 aromatic carbocycles. The number of carbonyl (C=O) groups is 1. The molecule has 0 aliphatic rings. The van der Waals surface area contributed by atoms with E-state index in [2.05, 4.69) is 11.4 Å². The molecule has 2 nitrogen and oxygen atoms in total. The standard InChI is InChI=1S/C13H13NOS2/c1-16-9-13(15)14-11-6-3-2-5-10(11)12-7-4-8-17-12/h2-8H,9H2,1H3,(H,14,15). The molecular weight excluding hydrogens is 250 g/mol. The van der Waals surface area contributed by atoms with E-state index < -0.39 is 0 Å². The van der Waals surface area contributed by atoms with Crippen molar-refractivity contribution >= 4 is 34.7 Å². The fourth-order valence-electron chi connectivity index (χ4n) is 1.56. The van der Waals surface area contributed by atoms with Crippen molar-refractivity contribution in [1.82, 2.24) is 0 Å². The van der Waals surface area contributed by atoms with Gasteiger partial charge in [-0.1, -0.05) is 24.3 Å². The van der Waals surface area contributed by atoms with Crippen LogP contribution in [0.2, 0.25) is 0 Å². The molecule has 0 saturated carbocycles. The Morgan fingerprint density at radius 2 is 2.12 bits per heavy atom. The van der Waals surface area contributed by atoms with Crippen molar-refractivity contribution in [2.75, 3.05) is 17.3 Å². The van der Waals surface area contributed by atoms with E-state index in [1.165, 1.54) is 16.6 Å². The summed E-state index contributed by atoms with van der Waals surface area (Å²) in [5.41, 5.74) is 1.96. The molecule has 0 atom stereocenters. The van der Waals surface area contributed by atoms with E-state index in [4.69, 9.17) is 0 Å². The molecule has 1 aromatic heterocycles. The number of anilines is 1. The Morgan fingerprint density at radius 3 is 2.82 bits per heavy atom. The molecule has 17 heavy (non-hydrogen) atoms. The SMILES string of the molecule is CSCC(=O)Nc1ccccc1-c1cccs1. The van der Waals surface area contributed by atoms with Crippen LogP contribution < -0.4 is 5.32 Å². The number of amides is 1. The zero-order valence-corrected chi connectivity index (χ0v) is 11.1. The van der Waals surface area contributed by atoms with Gasteiger partial charge in [0.1, 0.15) is 0 Å². The molecule has 0 radical (unpaired) electrons. The Kier molecular flexibility index (Phi) is 4.23. The maximum atomic E-state index is 11.6. The topological polar surface area (TPSA) is 29.1 Å². The first-order chi connectivity index (χ1) is 8.31. The van der Waals surface area contributed by atoms with Crippen LogP contribution in [0.4, 0.5) is 5.69 Å². The lowest BCUT2D eigenvalue weighted by atomic mass is 10.1. The van der Waals surface area contributed by atoms with Gasteiger partial charge < -0.3 is 5.32 Å². The summed E-state index contributed by atoms with van der Waals surface area (Å²) in [6, 6.07) is 12.0. The van der Waals surface area contributed by atoms with Crippen LogP contribution in [0.25, 0.3) is 10.4 Å². The Labute approximate surface area is 109 Å². The highest BCUT2D eigenvalue weighted by Crippen LogP contribution is 2.31. The summed E-state index contributed by atoms with van der Waals surface area (Å²) in [7, 11) is 0. The van der Waals surface area contributed by atoms with Gasteiger partial charge in [-0.3, -0.25) is 4.79 Å². The molecule has 0 unspecified atom stereocenters. The summed E-state index contributed by atoms with van der Waals surface area (Å²) >= 11 is 3.20. The van der Waals surface area contributed by atoms with Gasteiger partial charge in [0.2, 0.25) is 5.91 Å². The van der Waals surface area contributed by atoms with Gasteiger partial charge in [-0.25, -0.2) is 0 Å². The summed E-state index contributed by atoms with van der Waals surface area (Å²) in [5, 5.41) is 4.98. The van der Waals surface area contributed by atoms with Crippen molar-refractivity contribution in [3.8, 4) is 10.4 Å². The number of thiophene rings is 1. The second-order valence-electron chi connectivity index (χ2n) is 3.50. The summed E-state index contributed by atoms with van der Waals surface area (Å²) in [4.78, 5) is 12.8. The number of thioether (sulfide) groups is 1. The summed E-state index contributed by atoms with van der Waals surface area (Å²) in [5.74, 6) is 0.528. The maximum absolute atomic E-state index is 11.6. The molecule has 2 rings (SSSR count). The first kappa shape index (κ1) is 12.2. The Bertz CT molecular complexity index is 494. The molecule has 0 fully saturated rings. The molecular formula is C13H13NOS2. The minimum atomic E-state index is 0.0431. The highest BCUT2D eigenvalue weighted by atomic mass is 32.2. The molecule has 0 aliphatic heterocycles. The van der Waals surface area contributed by atoms with Crippen molar-refractivity contribution < 1.29 is 4.79 Å². The third-order valence-electron chi connectivity index (χ3n) is 2.26. The first-order valence-electron chi connectivity index (χ1n) is 5.23. The van der Waals surface area contributed by atoms with Crippen LogP contribution >= 0.6 is 23.1 Å². The van der Waals surface area contributed by atoms with Gasteiger partial charge in [-0.05, 0) is 23.8 Å². The second-order valence-corrected chi connectivity index (χ2v) is 5.32. The zero-order chi connectivity index (χ0) is 12.1. The van der Waals surface area contributed by atoms with Crippen molar-refractivity contribution in [2.45, 2.75) is 0 Å². The molecule has 88 valence electrons. The Balaban J connectivity index is 2.25. The molecule has 0 saturated heterocycles. The van der Waals surface area contributed by atoms with Crippen molar-refractivity contribution in [2.24, 2.45) is 0 Å². The fraction of sp³-hybridized carbons (Fsp3) is 0.154. The average molecular weight is 263 g/mol. The lowest BCUT2D eigenvalue weighted by Crippen LogP contribution is -2.14. The number of para-hydroxylation sites is 1. The highest BCUT2D eigenvalue weighted by Gasteiger charge is 2.07. The number of carbonyl (C=O) groups excluding carboxylic acids is 1. The summed E-state index contributed by atoms with van der Waals surface area (Å²) in [6.45, 7) is 0. The van der Waals surface area contributed by atoms with E-state index in [1.807, 2.05) is 42.0 Å². The molecule has 2 aromatic rings. The van der Waals surface area contributed by atoms with Gasteiger partial charge in [0.05, 0.1) is 5.75 Å². The van der Waals surface area contributed by atoms with Crippen LogP contribution in [0.1, 0.15) is 0 Å². The van der Waals surface area contributed by atoms with Crippen LogP contribution in [-0.2, 0) is 4.79 Å². The lowest BCUT2D eigenvalue weighted by Gasteiger charge is -2.09. The van der Waals surface area contributed by atoms with Gasteiger partial charge in [0, 0.05) is 16.1 Å². The largest absolute Gasteiger partial charge is 0.325 e. The van der Waals surface area contributed by atoms with E-state index in [0.29, 0.717) is 5.75 Å². The predicted octanol–water partition coefficient (Wildman–Crippen LogP) is 3.72. The number of rotatable bonds is 4. The normalized spacial score (nSPS) is 10.2. The molecule has 0 spiro atoms. The predicted molar refractivity (Wildman–Crippen MR) is 76.8 cm³/mol. The second kappa shape index (κ2) is 5.89. The Hall–Kier alpha value is -1.26. The quantitative estimate of drug-likeness (QED) is 0.911.